The molecule has 1 aromatic carbocycles. The fourth-order valence-corrected chi connectivity index (χ4v) is 1.43. The summed E-state index contributed by atoms with van der Waals surface area (Å²) in [4.78, 5) is 0. The maximum absolute atomic E-state index is 3.32. The molecule has 1 heterocycles. The van der Waals surface area contributed by atoms with Crippen molar-refractivity contribution in [3.05, 3.63) is 34.9 Å². The van der Waals surface area contributed by atoms with Gasteiger partial charge >= 0.3 is 0 Å². The van der Waals surface area contributed by atoms with E-state index in [4.69, 9.17) is 0 Å². The molecule has 11 heavy (non-hydrogen) atoms. The van der Waals surface area contributed by atoms with Crippen LogP contribution in [0, 0.1) is 13.8 Å². The third-order valence-corrected chi connectivity index (χ3v) is 2.43. The molecule has 1 atom stereocenters. The average Bonchev–Trinajstić information content (AvgIpc) is 2.77. The number of hydrogen-bond donors (Lipinski definition) is 1. The molecule has 2 rings (SSSR count). The van der Waals surface area contributed by atoms with Gasteiger partial charge < -0.3 is 5.32 Å². The molecule has 1 heteroatoms. The third kappa shape index (κ3) is 1.16. The fraction of sp³-hybridized carbons (Fsp3) is 0.400. The smallest absolute Gasteiger partial charge is 0.0450 e. The molecule has 0 spiro atoms. The van der Waals surface area contributed by atoms with Gasteiger partial charge in [0, 0.05) is 12.6 Å². The van der Waals surface area contributed by atoms with E-state index in [2.05, 4.69) is 37.4 Å². The van der Waals surface area contributed by atoms with Gasteiger partial charge in [-0.15, -0.1) is 0 Å². The van der Waals surface area contributed by atoms with E-state index in [9.17, 15) is 0 Å². The monoisotopic (exact) mass is 147 g/mol. The van der Waals surface area contributed by atoms with E-state index in [0.717, 1.165) is 6.54 Å². The zero-order valence-corrected chi connectivity index (χ0v) is 7.02. The lowest BCUT2D eigenvalue weighted by molar-refractivity contribution is 1.05. The Bertz CT molecular complexity index is 274. The van der Waals surface area contributed by atoms with Crippen molar-refractivity contribution in [3.8, 4) is 0 Å². The minimum atomic E-state index is 0.648. The van der Waals surface area contributed by atoms with Crippen molar-refractivity contribution in [2.45, 2.75) is 19.9 Å². The molecule has 1 N–H and O–H groups in total. The fourth-order valence-electron chi connectivity index (χ4n) is 1.43. The zero-order valence-electron chi connectivity index (χ0n) is 7.02. The van der Waals surface area contributed by atoms with E-state index < -0.39 is 0 Å². The minimum absolute atomic E-state index is 0.648. The first-order valence-electron chi connectivity index (χ1n) is 4.08. The highest BCUT2D eigenvalue weighted by Gasteiger charge is 2.23. The van der Waals surface area contributed by atoms with Crippen molar-refractivity contribution < 1.29 is 0 Å². The van der Waals surface area contributed by atoms with Crippen LogP contribution in [0.2, 0.25) is 0 Å². The summed E-state index contributed by atoms with van der Waals surface area (Å²) in [6, 6.07) is 7.17. The van der Waals surface area contributed by atoms with Crippen LogP contribution in [0.25, 0.3) is 0 Å². The van der Waals surface area contributed by atoms with Crippen LogP contribution in [0.4, 0.5) is 0 Å². The Morgan fingerprint density at radius 1 is 1.36 bits per heavy atom. The summed E-state index contributed by atoms with van der Waals surface area (Å²) in [7, 11) is 0. The van der Waals surface area contributed by atoms with E-state index in [-0.39, 0.29) is 0 Å². The van der Waals surface area contributed by atoms with Gasteiger partial charge in [-0.25, -0.2) is 0 Å². The molecule has 1 saturated heterocycles. The second-order valence-electron chi connectivity index (χ2n) is 3.25. The van der Waals surface area contributed by atoms with Gasteiger partial charge in [0.2, 0.25) is 0 Å². The largest absolute Gasteiger partial charge is 0.307 e. The summed E-state index contributed by atoms with van der Waals surface area (Å²) in [6.45, 7) is 5.52. The van der Waals surface area contributed by atoms with Gasteiger partial charge in [-0.1, -0.05) is 18.2 Å². The first kappa shape index (κ1) is 6.86. The number of benzene rings is 1. The standard InChI is InChI=1S/C10H13N/c1-7-4-3-5-9(8(7)2)10-6-11-10/h3-5,10-11H,6H2,1-2H3/t10-/m1/s1. The average molecular weight is 147 g/mol. The third-order valence-electron chi connectivity index (χ3n) is 2.43. The Kier molecular flexibility index (Phi) is 1.46. The van der Waals surface area contributed by atoms with E-state index >= 15 is 0 Å². The van der Waals surface area contributed by atoms with Gasteiger partial charge in [0.25, 0.3) is 0 Å². The molecular weight excluding hydrogens is 134 g/mol. The highest BCUT2D eigenvalue weighted by molar-refractivity contribution is 5.37. The topological polar surface area (TPSA) is 21.9 Å². The van der Waals surface area contributed by atoms with Crippen molar-refractivity contribution in [2.75, 3.05) is 6.54 Å². The maximum Gasteiger partial charge on any atom is 0.0450 e. The Morgan fingerprint density at radius 2 is 2.09 bits per heavy atom. The molecule has 1 aliphatic heterocycles. The molecule has 0 aromatic heterocycles. The second-order valence-corrected chi connectivity index (χ2v) is 3.25. The summed E-state index contributed by atoms with van der Waals surface area (Å²) in [5.41, 5.74) is 4.32. The summed E-state index contributed by atoms with van der Waals surface area (Å²) in [5, 5.41) is 3.32. The van der Waals surface area contributed by atoms with Gasteiger partial charge in [0.05, 0.1) is 0 Å². The number of nitrogens with one attached hydrogen (secondary N) is 1. The molecule has 0 unspecified atom stereocenters. The molecular formula is C10H13N. The molecule has 0 aliphatic carbocycles. The zero-order chi connectivity index (χ0) is 7.84. The predicted octanol–water partition coefficient (Wildman–Crippen LogP) is 1.95. The van der Waals surface area contributed by atoms with Crippen molar-refractivity contribution in [1.29, 1.82) is 0 Å². The highest BCUT2D eigenvalue weighted by atomic mass is 15.1. The number of rotatable bonds is 1. The lowest BCUT2D eigenvalue weighted by Gasteiger charge is -2.05. The molecule has 0 amide bonds. The van der Waals surface area contributed by atoms with Crippen molar-refractivity contribution >= 4 is 0 Å². The maximum atomic E-state index is 3.32. The first-order chi connectivity index (χ1) is 5.29. The summed E-state index contributed by atoms with van der Waals surface area (Å²) in [5.74, 6) is 0. The van der Waals surface area contributed by atoms with Crippen molar-refractivity contribution in [1.82, 2.24) is 5.32 Å². The number of aryl methyl sites for hydroxylation is 1. The molecule has 0 bridgehead atoms. The normalized spacial score (nSPS) is 21.8. The first-order valence-corrected chi connectivity index (χ1v) is 4.08. The lowest BCUT2D eigenvalue weighted by Crippen LogP contribution is -1.91. The van der Waals surface area contributed by atoms with Gasteiger partial charge in [-0.2, -0.15) is 0 Å². The molecule has 0 saturated carbocycles. The van der Waals surface area contributed by atoms with Crippen LogP contribution in [0.5, 0.6) is 0 Å². The van der Waals surface area contributed by atoms with Gasteiger partial charge in [0.1, 0.15) is 0 Å². The SMILES string of the molecule is Cc1cccc([C@H]2CN2)c1C. The summed E-state index contributed by atoms with van der Waals surface area (Å²) < 4.78 is 0. The Balaban J connectivity index is 2.45. The summed E-state index contributed by atoms with van der Waals surface area (Å²) >= 11 is 0. The van der Waals surface area contributed by atoms with Crippen LogP contribution in [-0.4, -0.2) is 6.54 Å². The number of hydrogen-bond acceptors (Lipinski definition) is 1. The van der Waals surface area contributed by atoms with Crippen LogP contribution in [0.1, 0.15) is 22.7 Å². The van der Waals surface area contributed by atoms with E-state index in [1.165, 1.54) is 16.7 Å². The lowest BCUT2D eigenvalue weighted by atomic mass is 10.0. The quantitative estimate of drug-likeness (QED) is 0.602. The molecule has 0 radical (unpaired) electrons. The van der Waals surface area contributed by atoms with Crippen molar-refractivity contribution in [2.24, 2.45) is 0 Å². The van der Waals surface area contributed by atoms with Gasteiger partial charge in [-0.3, -0.25) is 0 Å². The van der Waals surface area contributed by atoms with Crippen LogP contribution in [-0.2, 0) is 0 Å². The predicted molar refractivity (Wildman–Crippen MR) is 46.7 cm³/mol. The molecule has 1 aliphatic rings. The Labute approximate surface area is 67.4 Å². The van der Waals surface area contributed by atoms with Crippen LogP contribution < -0.4 is 5.32 Å². The van der Waals surface area contributed by atoms with E-state index in [0.29, 0.717) is 6.04 Å². The summed E-state index contributed by atoms with van der Waals surface area (Å²) in [6.07, 6.45) is 0. The van der Waals surface area contributed by atoms with Gasteiger partial charge in [0.15, 0.2) is 0 Å². The molecule has 58 valence electrons. The Morgan fingerprint density at radius 3 is 2.73 bits per heavy atom. The van der Waals surface area contributed by atoms with Crippen LogP contribution in [0.3, 0.4) is 0 Å². The van der Waals surface area contributed by atoms with Gasteiger partial charge in [-0.05, 0) is 30.5 Å². The van der Waals surface area contributed by atoms with E-state index in [1.807, 2.05) is 0 Å². The highest BCUT2D eigenvalue weighted by Crippen LogP contribution is 2.25. The van der Waals surface area contributed by atoms with Crippen LogP contribution in [0.15, 0.2) is 18.2 Å². The Hall–Kier alpha value is -0.820. The molecule has 1 nitrogen and oxygen atoms in total. The minimum Gasteiger partial charge on any atom is -0.307 e. The van der Waals surface area contributed by atoms with E-state index in [1.54, 1.807) is 0 Å². The second kappa shape index (κ2) is 2.35. The van der Waals surface area contributed by atoms with Crippen molar-refractivity contribution in [3.63, 3.8) is 0 Å². The van der Waals surface area contributed by atoms with Crippen LogP contribution >= 0.6 is 0 Å². The molecule has 1 fully saturated rings. The molecule has 1 aromatic rings.